The number of nitrogens with zero attached hydrogens (tertiary/aromatic N) is 3. The van der Waals surface area contributed by atoms with Crippen LogP contribution in [-0.2, 0) is 31.4 Å². The molecule has 2 aromatic rings. The molecule has 1 N–H and O–H groups in total. The maximum absolute atomic E-state index is 5.44. The van der Waals surface area contributed by atoms with E-state index in [1.54, 1.807) is 4.68 Å². The predicted octanol–water partition coefficient (Wildman–Crippen LogP) is 2.26. The highest BCUT2D eigenvalue weighted by molar-refractivity contribution is 9.10. The van der Waals surface area contributed by atoms with Crippen LogP contribution in [0.3, 0.4) is 0 Å². The second-order valence-electron chi connectivity index (χ2n) is 4.59. The summed E-state index contributed by atoms with van der Waals surface area (Å²) < 4.78 is 7.76. The van der Waals surface area contributed by atoms with E-state index in [1.807, 2.05) is 7.05 Å². The standard InChI is InChI=1S/C13H15BrN4O/c1-18-13(16-12(14)17-18)15-7-9-2-3-11-8-19-5-4-10(11)6-9/h2-3,6H,4-5,7-8H2,1H3,(H,15,16,17). The Kier molecular flexibility index (Phi) is 3.52. The molecule has 0 aliphatic carbocycles. The number of anilines is 1. The molecule has 0 amide bonds. The highest BCUT2D eigenvalue weighted by atomic mass is 79.9. The molecule has 0 bridgehead atoms. The van der Waals surface area contributed by atoms with Crippen molar-refractivity contribution in [2.24, 2.45) is 7.05 Å². The van der Waals surface area contributed by atoms with Gasteiger partial charge in [0.2, 0.25) is 10.7 Å². The van der Waals surface area contributed by atoms with Crippen LogP contribution in [0, 0.1) is 0 Å². The first kappa shape index (κ1) is 12.6. The molecule has 19 heavy (non-hydrogen) atoms. The summed E-state index contributed by atoms with van der Waals surface area (Å²) in [7, 11) is 1.87. The lowest BCUT2D eigenvalue weighted by Crippen LogP contribution is -2.11. The van der Waals surface area contributed by atoms with E-state index in [1.165, 1.54) is 16.7 Å². The van der Waals surface area contributed by atoms with Gasteiger partial charge in [-0.05, 0) is 39.0 Å². The normalized spacial score (nSPS) is 14.2. The summed E-state index contributed by atoms with van der Waals surface area (Å²) in [4.78, 5) is 4.25. The highest BCUT2D eigenvalue weighted by Gasteiger charge is 2.10. The third-order valence-corrected chi connectivity index (χ3v) is 3.57. The van der Waals surface area contributed by atoms with Gasteiger partial charge in [-0.3, -0.25) is 0 Å². The second kappa shape index (κ2) is 5.30. The summed E-state index contributed by atoms with van der Waals surface area (Å²) >= 11 is 3.26. The Balaban J connectivity index is 1.71. The molecule has 2 heterocycles. The second-order valence-corrected chi connectivity index (χ2v) is 5.30. The van der Waals surface area contributed by atoms with Crippen molar-refractivity contribution in [3.63, 3.8) is 0 Å². The van der Waals surface area contributed by atoms with Crippen LogP contribution in [0.25, 0.3) is 0 Å². The van der Waals surface area contributed by atoms with Crippen LogP contribution in [0.2, 0.25) is 0 Å². The molecule has 0 spiro atoms. The minimum atomic E-state index is 0.597. The van der Waals surface area contributed by atoms with Crippen molar-refractivity contribution >= 4 is 21.9 Å². The first-order valence-corrected chi connectivity index (χ1v) is 7.00. The molecule has 0 radical (unpaired) electrons. The van der Waals surface area contributed by atoms with Crippen LogP contribution in [0.15, 0.2) is 22.9 Å². The number of ether oxygens (including phenoxy) is 1. The quantitative estimate of drug-likeness (QED) is 0.941. The fourth-order valence-electron chi connectivity index (χ4n) is 2.22. The van der Waals surface area contributed by atoms with Crippen molar-refractivity contribution in [3.8, 4) is 0 Å². The number of aromatic nitrogens is 3. The van der Waals surface area contributed by atoms with Crippen molar-refractivity contribution in [1.82, 2.24) is 14.8 Å². The van der Waals surface area contributed by atoms with Crippen LogP contribution < -0.4 is 5.32 Å². The van der Waals surface area contributed by atoms with Gasteiger partial charge in [0.25, 0.3) is 0 Å². The maximum Gasteiger partial charge on any atom is 0.222 e. The number of rotatable bonds is 3. The molecular formula is C13H15BrN4O. The van der Waals surface area contributed by atoms with E-state index in [-0.39, 0.29) is 0 Å². The van der Waals surface area contributed by atoms with Crippen molar-refractivity contribution in [1.29, 1.82) is 0 Å². The van der Waals surface area contributed by atoms with Crippen LogP contribution in [0.5, 0.6) is 0 Å². The fourth-order valence-corrected chi connectivity index (χ4v) is 2.62. The monoisotopic (exact) mass is 322 g/mol. The Morgan fingerprint density at radius 3 is 3.11 bits per heavy atom. The minimum absolute atomic E-state index is 0.597. The van der Waals surface area contributed by atoms with Crippen LogP contribution in [-0.4, -0.2) is 21.4 Å². The fraction of sp³-hybridized carbons (Fsp3) is 0.385. The zero-order chi connectivity index (χ0) is 13.2. The molecule has 1 aliphatic rings. The van der Waals surface area contributed by atoms with E-state index in [0.29, 0.717) is 4.73 Å². The summed E-state index contributed by atoms with van der Waals surface area (Å²) in [5.74, 6) is 0.757. The molecule has 0 saturated heterocycles. The Morgan fingerprint density at radius 2 is 2.32 bits per heavy atom. The van der Waals surface area contributed by atoms with E-state index in [0.717, 1.165) is 32.1 Å². The van der Waals surface area contributed by atoms with E-state index >= 15 is 0 Å². The molecule has 0 atom stereocenters. The van der Waals surface area contributed by atoms with Gasteiger partial charge in [-0.2, -0.15) is 4.98 Å². The van der Waals surface area contributed by atoms with Gasteiger partial charge in [0.15, 0.2) is 0 Å². The molecule has 100 valence electrons. The summed E-state index contributed by atoms with van der Waals surface area (Å²) in [5.41, 5.74) is 3.95. The van der Waals surface area contributed by atoms with Gasteiger partial charge in [0.05, 0.1) is 13.2 Å². The Hall–Kier alpha value is -1.40. The van der Waals surface area contributed by atoms with Gasteiger partial charge in [0.1, 0.15) is 0 Å². The number of benzene rings is 1. The highest BCUT2D eigenvalue weighted by Crippen LogP contribution is 2.19. The van der Waals surface area contributed by atoms with Crippen LogP contribution in [0.1, 0.15) is 16.7 Å². The lowest BCUT2D eigenvalue weighted by molar-refractivity contribution is 0.110. The van der Waals surface area contributed by atoms with Gasteiger partial charge < -0.3 is 10.1 Å². The first-order valence-electron chi connectivity index (χ1n) is 6.21. The average molecular weight is 323 g/mol. The van der Waals surface area contributed by atoms with E-state index in [9.17, 15) is 0 Å². The molecule has 1 aromatic carbocycles. The average Bonchev–Trinajstić information content (AvgIpc) is 2.74. The smallest absolute Gasteiger partial charge is 0.222 e. The largest absolute Gasteiger partial charge is 0.376 e. The molecule has 0 fully saturated rings. The number of nitrogens with one attached hydrogen (secondary N) is 1. The zero-order valence-electron chi connectivity index (χ0n) is 10.7. The summed E-state index contributed by atoms with van der Waals surface area (Å²) in [5, 5.41) is 7.42. The lowest BCUT2D eigenvalue weighted by Gasteiger charge is -2.17. The minimum Gasteiger partial charge on any atom is -0.376 e. The maximum atomic E-state index is 5.44. The zero-order valence-corrected chi connectivity index (χ0v) is 12.3. The van der Waals surface area contributed by atoms with Crippen LogP contribution >= 0.6 is 15.9 Å². The first-order chi connectivity index (χ1) is 9.22. The lowest BCUT2D eigenvalue weighted by atomic mass is 10.0. The number of halogens is 1. The van der Waals surface area contributed by atoms with E-state index in [2.05, 4.69) is 49.5 Å². The third kappa shape index (κ3) is 2.79. The molecule has 0 saturated carbocycles. The molecule has 3 rings (SSSR count). The summed E-state index contributed by atoms with van der Waals surface area (Å²) in [6, 6.07) is 6.53. The van der Waals surface area contributed by atoms with Gasteiger partial charge >= 0.3 is 0 Å². The Morgan fingerprint density at radius 1 is 1.42 bits per heavy atom. The van der Waals surface area contributed by atoms with Gasteiger partial charge in [-0.25, -0.2) is 4.68 Å². The van der Waals surface area contributed by atoms with E-state index < -0.39 is 0 Å². The third-order valence-electron chi connectivity index (χ3n) is 3.23. The Labute approximate surface area is 120 Å². The van der Waals surface area contributed by atoms with Crippen LogP contribution in [0.4, 0.5) is 5.95 Å². The number of hydrogen-bond acceptors (Lipinski definition) is 4. The van der Waals surface area contributed by atoms with Crippen molar-refractivity contribution < 1.29 is 4.74 Å². The molecule has 6 heteroatoms. The SMILES string of the molecule is Cn1nc(Br)nc1NCc1ccc2c(c1)CCOC2. The van der Waals surface area contributed by atoms with Crippen molar-refractivity contribution in [3.05, 3.63) is 39.6 Å². The predicted molar refractivity (Wildman–Crippen MR) is 75.8 cm³/mol. The summed E-state index contributed by atoms with van der Waals surface area (Å²) in [6.07, 6.45) is 0.999. The number of hydrogen-bond donors (Lipinski definition) is 1. The van der Waals surface area contributed by atoms with Gasteiger partial charge in [-0.1, -0.05) is 18.2 Å². The molecule has 1 aromatic heterocycles. The van der Waals surface area contributed by atoms with Crippen molar-refractivity contribution in [2.75, 3.05) is 11.9 Å². The Bertz CT molecular complexity index is 596. The molecule has 5 nitrogen and oxygen atoms in total. The topological polar surface area (TPSA) is 52.0 Å². The number of fused-ring (bicyclic) bond motifs is 1. The molecule has 0 unspecified atom stereocenters. The number of aryl methyl sites for hydroxylation is 1. The van der Waals surface area contributed by atoms with Crippen molar-refractivity contribution in [2.45, 2.75) is 19.6 Å². The van der Waals surface area contributed by atoms with Gasteiger partial charge in [-0.15, -0.1) is 5.10 Å². The molecule has 1 aliphatic heterocycles. The molecular weight excluding hydrogens is 308 g/mol. The van der Waals surface area contributed by atoms with Gasteiger partial charge in [0, 0.05) is 13.6 Å². The summed E-state index contributed by atoms with van der Waals surface area (Å²) in [6.45, 7) is 2.30. The van der Waals surface area contributed by atoms with E-state index in [4.69, 9.17) is 4.74 Å².